The zero-order chi connectivity index (χ0) is 11.7. The number of nitrogens with one attached hydrogen (secondary N) is 1. The molecule has 0 bridgehead atoms. The van der Waals surface area contributed by atoms with Gasteiger partial charge in [-0.25, -0.2) is 4.99 Å². The van der Waals surface area contributed by atoms with Gasteiger partial charge < -0.3 is 5.32 Å². The molecule has 0 aromatic carbocycles. The molecule has 0 radical (unpaired) electrons. The van der Waals surface area contributed by atoms with Crippen molar-refractivity contribution in [2.24, 2.45) is 4.99 Å². The maximum Gasteiger partial charge on any atom is 0.133 e. The highest BCUT2D eigenvalue weighted by molar-refractivity contribution is 7.84. The molecular formula is C12H20N2S. The lowest BCUT2D eigenvalue weighted by Crippen LogP contribution is -2.09. The average molecular weight is 224 g/mol. The van der Waals surface area contributed by atoms with Crippen LogP contribution in [-0.2, 0) is 0 Å². The van der Waals surface area contributed by atoms with E-state index in [1.54, 1.807) is 6.21 Å². The Hall–Kier alpha value is -0.960. The van der Waals surface area contributed by atoms with E-state index in [4.69, 9.17) is 0 Å². The van der Waals surface area contributed by atoms with Crippen molar-refractivity contribution in [3.05, 3.63) is 34.7 Å². The Morgan fingerprint density at radius 2 is 2.07 bits per heavy atom. The van der Waals surface area contributed by atoms with Crippen LogP contribution < -0.4 is 5.32 Å². The molecule has 1 N–H and O–H groups in total. The number of aliphatic imine (C=N–C) groups is 1. The maximum absolute atomic E-state index is 4.27. The van der Waals surface area contributed by atoms with E-state index < -0.39 is 0 Å². The van der Waals surface area contributed by atoms with Gasteiger partial charge in [-0.2, -0.15) is 0 Å². The first-order valence-electron chi connectivity index (χ1n) is 5.14. The molecule has 84 valence electrons. The zero-order valence-electron chi connectivity index (χ0n) is 9.91. The molecule has 2 nitrogen and oxygen atoms in total. The quantitative estimate of drug-likeness (QED) is 0.416. The van der Waals surface area contributed by atoms with Crippen molar-refractivity contribution in [2.75, 3.05) is 0 Å². The molecule has 3 heteroatoms. The van der Waals surface area contributed by atoms with E-state index in [-0.39, 0.29) is 0 Å². The fourth-order valence-corrected chi connectivity index (χ4v) is 1.03. The Labute approximate surface area is 98.3 Å². The Morgan fingerprint density at radius 1 is 1.40 bits per heavy atom. The summed E-state index contributed by atoms with van der Waals surface area (Å²) in [4.78, 5) is 4.27. The third-order valence-corrected chi connectivity index (χ3v) is 2.13. The van der Waals surface area contributed by atoms with Crippen molar-refractivity contribution < 1.29 is 0 Å². The lowest BCUT2D eigenvalue weighted by molar-refractivity contribution is 0.986. The molecule has 15 heavy (non-hydrogen) atoms. The summed E-state index contributed by atoms with van der Waals surface area (Å²) >= 11 is 4.27. The van der Waals surface area contributed by atoms with Crippen molar-refractivity contribution in [3.63, 3.8) is 0 Å². The second-order valence-corrected chi connectivity index (χ2v) is 3.51. The van der Waals surface area contributed by atoms with Crippen LogP contribution in [0.2, 0.25) is 0 Å². The van der Waals surface area contributed by atoms with Gasteiger partial charge in [0, 0.05) is 6.21 Å². The topological polar surface area (TPSA) is 24.4 Å². The van der Waals surface area contributed by atoms with Crippen molar-refractivity contribution in [1.82, 2.24) is 5.32 Å². The predicted octanol–water partition coefficient (Wildman–Crippen LogP) is 3.66. The standard InChI is InChI=1S/C12H20N2S/c1-5-8-9-10(4)12(13-7-3)14-11(15)6-2/h6-9,14-15H,5H2,1-4H3/b9-8?,11-6-,12-10+,13-7-. The normalized spacial score (nSPS) is 14.9. The van der Waals surface area contributed by atoms with Crippen molar-refractivity contribution >= 4 is 18.8 Å². The highest BCUT2D eigenvalue weighted by Crippen LogP contribution is 2.08. The van der Waals surface area contributed by atoms with E-state index in [0.717, 1.165) is 22.8 Å². The average Bonchev–Trinajstić information content (AvgIpc) is 2.24. The molecule has 0 saturated heterocycles. The molecule has 0 heterocycles. The fraction of sp³-hybridized carbons (Fsp3) is 0.417. The number of rotatable bonds is 5. The minimum Gasteiger partial charge on any atom is -0.335 e. The highest BCUT2D eigenvalue weighted by atomic mass is 32.1. The van der Waals surface area contributed by atoms with Gasteiger partial charge >= 0.3 is 0 Å². The van der Waals surface area contributed by atoms with Crippen LogP contribution in [0.25, 0.3) is 0 Å². The Balaban J connectivity index is 4.85. The Morgan fingerprint density at radius 3 is 2.53 bits per heavy atom. The van der Waals surface area contributed by atoms with Crippen LogP contribution in [0.15, 0.2) is 39.6 Å². The molecule has 0 aliphatic heterocycles. The molecule has 0 atom stereocenters. The maximum atomic E-state index is 4.27. The Bertz CT molecular complexity index is 299. The van der Waals surface area contributed by atoms with Gasteiger partial charge in [0.25, 0.3) is 0 Å². The van der Waals surface area contributed by atoms with Crippen LogP contribution in [0.4, 0.5) is 0 Å². The first kappa shape index (κ1) is 14.0. The SMILES string of the molecule is C/C=N\C(N/C(S)=C/C)=C(\C)C=CCC. The molecule has 0 aliphatic carbocycles. The minimum atomic E-state index is 0.805. The summed E-state index contributed by atoms with van der Waals surface area (Å²) < 4.78 is 0. The van der Waals surface area contributed by atoms with E-state index in [0.29, 0.717) is 0 Å². The molecule has 0 aromatic heterocycles. The van der Waals surface area contributed by atoms with Gasteiger partial charge in [0.1, 0.15) is 5.82 Å². The van der Waals surface area contributed by atoms with E-state index in [9.17, 15) is 0 Å². The lowest BCUT2D eigenvalue weighted by Gasteiger charge is -2.07. The van der Waals surface area contributed by atoms with E-state index >= 15 is 0 Å². The predicted molar refractivity (Wildman–Crippen MR) is 72.2 cm³/mol. The smallest absolute Gasteiger partial charge is 0.133 e. The number of thiol groups is 1. The number of hydrogen-bond donors (Lipinski definition) is 2. The van der Waals surface area contributed by atoms with Gasteiger partial charge in [0.05, 0.1) is 5.03 Å². The molecule has 0 fully saturated rings. The van der Waals surface area contributed by atoms with Crippen LogP contribution in [-0.4, -0.2) is 6.21 Å². The van der Waals surface area contributed by atoms with Crippen molar-refractivity contribution in [2.45, 2.75) is 34.1 Å². The molecule has 0 spiro atoms. The molecule has 0 amide bonds. The summed E-state index contributed by atoms with van der Waals surface area (Å²) in [6, 6.07) is 0. The zero-order valence-corrected chi connectivity index (χ0v) is 10.8. The first-order valence-corrected chi connectivity index (χ1v) is 5.58. The number of allylic oxidation sites excluding steroid dienone is 4. The third kappa shape index (κ3) is 6.18. The van der Waals surface area contributed by atoms with Crippen LogP contribution in [0.1, 0.15) is 34.1 Å². The lowest BCUT2D eigenvalue weighted by atomic mass is 10.2. The Kier molecular flexibility index (Phi) is 7.82. The number of nitrogens with zero attached hydrogens (tertiary/aromatic N) is 1. The van der Waals surface area contributed by atoms with Gasteiger partial charge in [0.2, 0.25) is 0 Å². The van der Waals surface area contributed by atoms with Crippen molar-refractivity contribution in [3.8, 4) is 0 Å². The third-order valence-electron chi connectivity index (χ3n) is 1.76. The number of hydrogen-bond acceptors (Lipinski definition) is 3. The van der Waals surface area contributed by atoms with Crippen molar-refractivity contribution in [1.29, 1.82) is 0 Å². The van der Waals surface area contributed by atoms with Crippen LogP contribution >= 0.6 is 12.6 Å². The summed E-state index contributed by atoms with van der Waals surface area (Å²) in [5.41, 5.74) is 1.10. The van der Waals surface area contributed by atoms with E-state index in [1.165, 1.54) is 0 Å². The molecular weight excluding hydrogens is 204 g/mol. The van der Waals surface area contributed by atoms with E-state index in [2.05, 4.69) is 42.0 Å². The summed E-state index contributed by atoms with van der Waals surface area (Å²) in [7, 11) is 0. The van der Waals surface area contributed by atoms with Crippen LogP contribution in [0.3, 0.4) is 0 Å². The summed E-state index contributed by atoms with van der Waals surface area (Å²) in [5.74, 6) is 0.838. The minimum absolute atomic E-state index is 0.805. The van der Waals surface area contributed by atoms with E-state index in [1.807, 2.05) is 26.8 Å². The molecule has 0 saturated carbocycles. The molecule has 0 aromatic rings. The second kappa shape index (κ2) is 8.36. The second-order valence-electron chi connectivity index (χ2n) is 3.03. The van der Waals surface area contributed by atoms with Gasteiger partial charge in [0.15, 0.2) is 0 Å². The largest absolute Gasteiger partial charge is 0.335 e. The monoisotopic (exact) mass is 224 g/mol. The fourth-order valence-electron chi connectivity index (χ4n) is 0.929. The first-order chi connectivity index (χ1) is 7.15. The van der Waals surface area contributed by atoms with Crippen LogP contribution in [0.5, 0.6) is 0 Å². The molecule has 0 unspecified atom stereocenters. The molecule has 0 rings (SSSR count). The van der Waals surface area contributed by atoms with Gasteiger partial charge in [-0.15, -0.1) is 12.6 Å². The molecule has 0 aliphatic rings. The highest BCUT2D eigenvalue weighted by Gasteiger charge is 1.97. The van der Waals surface area contributed by atoms with Gasteiger partial charge in [-0.1, -0.05) is 25.2 Å². The van der Waals surface area contributed by atoms with Crippen LogP contribution in [0, 0.1) is 0 Å². The summed E-state index contributed by atoms with van der Waals surface area (Å²) in [6.07, 6.45) is 8.85. The summed E-state index contributed by atoms with van der Waals surface area (Å²) in [5, 5.41) is 3.94. The van der Waals surface area contributed by atoms with Gasteiger partial charge in [-0.05, 0) is 32.8 Å². The van der Waals surface area contributed by atoms with Gasteiger partial charge in [-0.3, -0.25) is 0 Å². The summed E-state index contributed by atoms with van der Waals surface area (Å²) in [6.45, 7) is 7.96.